The van der Waals surface area contributed by atoms with Crippen molar-refractivity contribution in [3.8, 4) is 29.2 Å². The number of carbonyl (C=O) groups is 1. The van der Waals surface area contributed by atoms with E-state index in [1.165, 1.54) is 19.1 Å². The van der Waals surface area contributed by atoms with Crippen molar-refractivity contribution in [2.45, 2.75) is 43.9 Å². The molecule has 0 fully saturated rings. The number of aliphatic hydroxyl groups excluding tert-OH is 1. The summed E-state index contributed by atoms with van der Waals surface area (Å²) in [6, 6.07) is 27.4. The number of pyridine rings is 1. The van der Waals surface area contributed by atoms with Crippen LogP contribution in [0.3, 0.4) is 0 Å². The number of benzene rings is 3. The van der Waals surface area contributed by atoms with Crippen molar-refractivity contribution in [2.75, 3.05) is 7.11 Å². The number of rotatable bonds is 10. The number of carbonyl (C=O) groups excluding carboxylic acids is 1. The van der Waals surface area contributed by atoms with Crippen LogP contribution in [-0.4, -0.2) is 34.4 Å². The fraction of sp³-hybridized carbons (Fsp3) is 0.235. The molecule has 6 nitrogen and oxygen atoms in total. The van der Waals surface area contributed by atoms with Crippen LogP contribution in [0.15, 0.2) is 91.0 Å². The van der Waals surface area contributed by atoms with Gasteiger partial charge >= 0.3 is 19.2 Å². The molecule has 0 radical (unpaired) electrons. The zero-order valence-corrected chi connectivity index (χ0v) is 24.7. The van der Waals surface area contributed by atoms with Crippen LogP contribution in [0.1, 0.15) is 55.1 Å². The number of terminal acetylenes is 1. The van der Waals surface area contributed by atoms with Crippen molar-refractivity contribution in [3.63, 3.8) is 0 Å². The van der Waals surface area contributed by atoms with E-state index in [2.05, 4.69) is 5.92 Å². The topological polar surface area (TPSA) is 85.7 Å². The van der Waals surface area contributed by atoms with Crippen molar-refractivity contribution < 1.29 is 28.1 Å². The van der Waals surface area contributed by atoms with Crippen molar-refractivity contribution in [1.29, 1.82) is 0 Å². The van der Waals surface area contributed by atoms with Gasteiger partial charge in [-0.05, 0) is 58.2 Å². The molecule has 0 aliphatic heterocycles. The number of ether oxygens (including phenoxy) is 1. The van der Waals surface area contributed by atoms with Crippen LogP contribution in [0.5, 0.6) is 5.75 Å². The Kier molecular flexibility index (Phi) is 9.65. The Morgan fingerprint density at radius 3 is 1.98 bits per heavy atom. The lowest BCUT2D eigenvalue weighted by Gasteiger charge is -2.24. The van der Waals surface area contributed by atoms with Crippen molar-refractivity contribution in [2.24, 2.45) is 0 Å². The lowest BCUT2D eigenvalue weighted by Crippen LogP contribution is -2.46. The molecule has 3 atom stereocenters. The number of esters is 1. The summed E-state index contributed by atoms with van der Waals surface area (Å²) in [4.78, 5) is 18.7. The van der Waals surface area contributed by atoms with E-state index in [4.69, 9.17) is 20.7 Å². The SMILES string of the molecule is C#CC(C(=O)Oc1c(-c2ccc(F)cc2)cc(C(c2ccccc2)c2ccccc2)nc1C(C)C)(C(C)O)[P+](=O)OC. The van der Waals surface area contributed by atoms with E-state index in [1.807, 2.05) is 80.6 Å². The van der Waals surface area contributed by atoms with Crippen molar-refractivity contribution in [3.05, 3.63) is 119 Å². The summed E-state index contributed by atoms with van der Waals surface area (Å²) in [5, 5.41) is 8.24. The molecule has 0 amide bonds. The summed E-state index contributed by atoms with van der Waals surface area (Å²) >= 11 is 0. The van der Waals surface area contributed by atoms with Crippen molar-refractivity contribution in [1.82, 2.24) is 4.98 Å². The van der Waals surface area contributed by atoms with Gasteiger partial charge in [0, 0.05) is 5.56 Å². The molecule has 1 heterocycles. The van der Waals surface area contributed by atoms with E-state index in [1.54, 1.807) is 12.1 Å². The Bertz CT molecular complexity index is 1560. The second-order valence-corrected chi connectivity index (χ2v) is 11.7. The summed E-state index contributed by atoms with van der Waals surface area (Å²) in [7, 11) is -1.72. The third-order valence-electron chi connectivity index (χ3n) is 7.07. The minimum atomic E-state index is -2.85. The number of aliphatic hydroxyl groups is 1. The second kappa shape index (κ2) is 13.2. The van der Waals surface area contributed by atoms with Gasteiger partial charge in [-0.2, -0.15) is 0 Å². The molecule has 0 saturated heterocycles. The number of halogens is 1. The monoisotopic (exact) mass is 584 g/mol. The molecule has 4 aromatic rings. The summed E-state index contributed by atoms with van der Waals surface area (Å²) < 4.78 is 37.7. The van der Waals surface area contributed by atoms with Crippen LogP contribution < -0.4 is 4.74 Å². The third kappa shape index (κ3) is 6.03. The lowest BCUT2D eigenvalue weighted by atomic mass is 9.86. The molecule has 3 unspecified atom stereocenters. The number of hydrogen-bond acceptors (Lipinski definition) is 6. The summed E-state index contributed by atoms with van der Waals surface area (Å²) in [6.45, 7) is 5.05. The number of hydrogen-bond donors (Lipinski definition) is 1. The molecule has 1 aromatic heterocycles. The Morgan fingerprint density at radius 1 is 0.976 bits per heavy atom. The van der Waals surface area contributed by atoms with Gasteiger partial charge in [0.1, 0.15) is 11.9 Å². The first-order valence-corrected chi connectivity index (χ1v) is 14.6. The van der Waals surface area contributed by atoms with Gasteiger partial charge in [0.25, 0.3) is 0 Å². The molecule has 0 saturated carbocycles. The minimum Gasteiger partial charge on any atom is -0.419 e. The fourth-order valence-electron chi connectivity index (χ4n) is 4.83. The van der Waals surface area contributed by atoms with E-state index >= 15 is 0 Å². The first-order chi connectivity index (χ1) is 20.1. The Morgan fingerprint density at radius 2 is 1.52 bits per heavy atom. The highest BCUT2D eigenvalue weighted by Gasteiger charge is 2.63. The van der Waals surface area contributed by atoms with Crippen LogP contribution in [0, 0.1) is 18.2 Å². The van der Waals surface area contributed by atoms with E-state index in [-0.39, 0.29) is 17.6 Å². The zero-order chi connectivity index (χ0) is 30.4. The van der Waals surface area contributed by atoms with Gasteiger partial charge in [-0.15, -0.1) is 10.9 Å². The van der Waals surface area contributed by atoms with Gasteiger partial charge in [-0.25, -0.2) is 9.18 Å². The molecular formula is C34H32FNO5P+. The van der Waals surface area contributed by atoms with Crippen LogP contribution >= 0.6 is 8.03 Å². The molecule has 1 N–H and O–H groups in total. The van der Waals surface area contributed by atoms with Gasteiger partial charge < -0.3 is 9.84 Å². The Balaban J connectivity index is 2.01. The molecular weight excluding hydrogens is 552 g/mol. The van der Waals surface area contributed by atoms with Crippen LogP contribution in [0.2, 0.25) is 0 Å². The highest BCUT2D eigenvalue weighted by atomic mass is 31.1. The molecule has 0 aliphatic carbocycles. The lowest BCUT2D eigenvalue weighted by molar-refractivity contribution is -0.138. The third-order valence-corrected chi connectivity index (χ3v) is 8.66. The number of nitrogens with zero attached hydrogens (tertiary/aromatic N) is 1. The number of aromatic nitrogens is 1. The van der Waals surface area contributed by atoms with E-state index < -0.39 is 31.1 Å². The van der Waals surface area contributed by atoms with Crippen LogP contribution in [-0.2, 0) is 13.9 Å². The maximum absolute atomic E-state index is 14.0. The van der Waals surface area contributed by atoms with Crippen molar-refractivity contribution >= 4 is 14.0 Å². The van der Waals surface area contributed by atoms with Crippen LogP contribution in [0.4, 0.5) is 4.39 Å². The summed E-state index contributed by atoms with van der Waals surface area (Å²) in [6.07, 6.45) is 4.11. The quantitative estimate of drug-likeness (QED) is 0.120. The summed E-state index contributed by atoms with van der Waals surface area (Å²) in [5.41, 5.74) is 4.12. The maximum atomic E-state index is 14.0. The Labute approximate surface area is 246 Å². The minimum absolute atomic E-state index is 0.0741. The fourth-order valence-corrected chi connectivity index (χ4v) is 5.73. The second-order valence-electron chi connectivity index (χ2n) is 10.1. The standard InChI is InChI=1S/C34H32FNO5P/c1-6-34(23(4)37,42(39)40-5)33(38)41-32-28(24-17-19-27(35)20-18-24)21-29(36-31(32)22(2)3)30(25-13-9-7-10-14-25)26-15-11-8-12-16-26/h1,7-23,30,37H,2-5H3/q+1. The van der Waals surface area contributed by atoms with Gasteiger partial charge in [0.15, 0.2) is 5.75 Å². The molecule has 42 heavy (non-hydrogen) atoms. The smallest absolute Gasteiger partial charge is 0.419 e. The predicted octanol–water partition coefficient (Wildman–Crippen LogP) is 7.24. The molecule has 3 aromatic carbocycles. The van der Waals surface area contributed by atoms with Gasteiger partial charge in [0.05, 0.1) is 24.4 Å². The Hall–Kier alpha value is -4.21. The zero-order valence-electron chi connectivity index (χ0n) is 23.8. The van der Waals surface area contributed by atoms with Gasteiger partial charge in [-0.3, -0.25) is 4.98 Å². The largest absolute Gasteiger partial charge is 0.542 e. The average molecular weight is 585 g/mol. The maximum Gasteiger partial charge on any atom is 0.542 e. The molecule has 214 valence electrons. The van der Waals surface area contributed by atoms with Gasteiger partial charge in [0.2, 0.25) is 0 Å². The van der Waals surface area contributed by atoms with E-state index in [0.29, 0.717) is 22.5 Å². The molecule has 0 aliphatic rings. The van der Waals surface area contributed by atoms with E-state index in [9.17, 15) is 18.9 Å². The first-order valence-electron chi connectivity index (χ1n) is 13.4. The normalized spacial score (nSPS) is 13.7. The molecule has 4 rings (SSSR count). The molecule has 0 spiro atoms. The highest BCUT2D eigenvalue weighted by Crippen LogP contribution is 2.46. The van der Waals surface area contributed by atoms with Gasteiger partial charge in [-0.1, -0.05) is 86.6 Å². The molecule has 0 bridgehead atoms. The average Bonchev–Trinajstić information content (AvgIpc) is 2.99. The van der Waals surface area contributed by atoms with Crippen LogP contribution in [0.25, 0.3) is 11.1 Å². The predicted molar refractivity (Wildman–Crippen MR) is 161 cm³/mol. The summed E-state index contributed by atoms with van der Waals surface area (Å²) in [5.74, 6) is 0.167. The highest BCUT2D eigenvalue weighted by molar-refractivity contribution is 7.43. The molecule has 8 heteroatoms. The first kappa shape index (κ1) is 30.7. The van der Waals surface area contributed by atoms with E-state index in [0.717, 1.165) is 18.2 Å².